The SMILES string of the molecule is CC.CCCC(F)(F)COCC. The van der Waals surface area contributed by atoms with Crippen LogP contribution in [0.3, 0.4) is 0 Å². The lowest BCUT2D eigenvalue weighted by Crippen LogP contribution is -2.23. The van der Waals surface area contributed by atoms with Gasteiger partial charge >= 0.3 is 0 Å². The molecular weight excluding hydrogens is 162 g/mol. The van der Waals surface area contributed by atoms with Crippen LogP contribution in [0.2, 0.25) is 0 Å². The van der Waals surface area contributed by atoms with Crippen molar-refractivity contribution in [1.82, 2.24) is 0 Å². The predicted octanol–water partition coefficient (Wildman–Crippen LogP) is 3.48. The Hall–Kier alpha value is -0.180. The first-order chi connectivity index (χ1) is 5.62. The van der Waals surface area contributed by atoms with Crippen LogP contribution < -0.4 is 0 Å². The molecule has 0 N–H and O–H groups in total. The first-order valence-electron chi connectivity index (χ1n) is 4.58. The van der Waals surface area contributed by atoms with Gasteiger partial charge in [-0.1, -0.05) is 27.2 Å². The van der Waals surface area contributed by atoms with Gasteiger partial charge in [0.05, 0.1) is 0 Å². The van der Waals surface area contributed by atoms with Crippen molar-refractivity contribution in [2.75, 3.05) is 13.2 Å². The zero-order chi connectivity index (χ0) is 10.0. The van der Waals surface area contributed by atoms with Gasteiger partial charge in [-0.2, -0.15) is 0 Å². The fourth-order valence-electron chi connectivity index (χ4n) is 0.689. The van der Waals surface area contributed by atoms with Gasteiger partial charge in [0.1, 0.15) is 6.61 Å². The van der Waals surface area contributed by atoms with E-state index < -0.39 is 12.5 Å². The third-order valence-electron chi connectivity index (χ3n) is 1.13. The summed E-state index contributed by atoms with van der Waals surface area (Å²) in [6.07, 6.45) is 0.424. The number of hydrogen-bond acceptors (Lipinski definition) is 1. The molecule has 0 aliphatic carbocycles. The Balaban J connectivity index is 0. The summed E-state index contributed by atoms with van der Waals surface area (Å²) < 4.78 is 29.6. The van der Waals surface area contributed by atoms with E-state index in [9.17, 15) is 8.78 Å². The Morgan fingerprint density at radius 2 is 1.67 bits per heavy atom. The van der Waals surface area contributed by atoms with E-state index in [0.717, 1.165) is 0 Å². The minimum Gasteiger partial charge on any atom is -0.375 e. The second-order valence-corrected chi connectivity index (χ2v) is 2.24. The maximum absolute atomic E-state index is 12.5. The van der Waals surface area contributed by atoms with Crippen LogP contribution in [-0.4, -0.2) is 19.1 Å². The largest absolute Gasteiger partial charge is 0.375 e. The van der Waals surface area contributed by atoms with Crippen LogP contribution in [0.1, 0.15) is 40.5 Å². The highest BCUT2D eigenvalue weighted by molar-refractivity contribution is 4.63. The Bertz CT molecular complexity index is 84.6. The molecule has 12 heavy (non-hydrogen) atoms. The zero-order valence-corrected chi connectivity index (χ0v) is 8.49. The van der Waals surface area contributed by atoms with E-state index in [1.807, 2.05) is 13.8 Å². The summed E-state index contributed by atoms with van der Waals surface area (Å²) >= 11 is 0. The van der Waals surface area contributed by atoms with Crippen LogP contribution in [0.15, 0.2) is 0 Å². The van der Waals surface area contributed by atoms with Gasteiger partial charge in [0.25, 0.3) is 5.92 Å². The Kier molecular flexibility index (Phi) is 10.7. The smallest absolute Gasteiger partial charge is 0.270 e. The molecule has 76 valence electrons. The van der Waals surface area contributed by atoms with Crippen molar-refractivity contribution in [3.05, 3.63) is 0 Å². The van der Waals surface area contributed by atoms with Crippen LogP contribution in [0.5, 0.6) is 0 Å². The van der Waals surface area contributed by atoms with Crippen LogP contribution in [0, 0.1) is 0 Å². The van der Waals surface area contributed by atoms with E-state index in [1.54, 1.807) is 13.8 Å². The first-order valence-corrected chi connectivity index (χ1v) is 4.58. The van der Waals surface area contributed by atoms with E-state index in [0.29, 0.717) is 13.0 Å². The number of alkyl halides is 2. The molecular formula is C9H20F2O. The lowest BCUT2D eigenvalue weighted by molar-refractivity contribution is -0.0799. The van der Waals surface area contributed by atoms with E-state index >= 15 is 0 Å². The van der Waals surface area contributed by atoms with Gasteiger partial charge in [0.15, 0.2) is 0 Å². The van der Waals surface area contributed by atoms with Crippen molar-refractivity contribution in [1.29, 1.82) is 0 Å². The second kappa shape index (κ2) is 8.91. The molecule has 0 saturated carbocycles. The molecule has 0 heterocycles. The first kappa shape index (κ1) is 14.3. The molecule has 0 saturated heterocycles. The van der Waals surface area contributed by atoms with Gasteiger partial charge < -0.3 is 4.74 Å². The summed E-state index contributed by atoms with van der Waals surface area (Å²) in [4.78, 5) is 0. The van der Waals surface area contributed by atoms with Crippen molar-refractivity contribution < 1.29 is 13.5 Å². The minimum absolute atomic E-state index is 0.0764. The van der Waals surface area contributed by atoms with Crippen LogP contribution in [-0.2, 0) is 4.74 Å². The maximum Gasteiger partial charge on any atom is 0.270 e. The van der Waals surface area contributed by atoms with Gasteiger partial charge in [0, 0.05) is 13.0 Å². The Labute approximate surface area is 74.1 Å². The molecule has 0 aliphatic rings. The molecule has 0 aromatic rings. The van der Waals surface area contributed by atoms with Crippen LogP contribution in [0.25, 0.3) is 0 Å². The summed E-state index contributed by atoms with van der Waals surface area (Å²) in [5, 5.41) is 0. The molecule has 0 unspecified atom stereocenters. The van der Waals surface area contributed by atoms with E-state index in [-0.39, 0.29) is 6.42 Å². The lowest BCUT2D eigenvalue weighted by Gasteiger charge is -2.14. The standard InChI is InChI=1S/C7H14F2O.C2H6/c1-3-5-7(8,9)6-10-4-2;1-2/h3-6H2,1-2H3;1-2H3. The summed E-state index contributed by atoms with van der Waals surface area (Å²) in [6, 6.07) is 0. The highest BCUT2D eigenvalue weighted by Crippen LogP contribution is 2.19. The average Bonchev–Trinajstić information content (AvgIpc) is 2.05. The average molecular weight is 182 g/mol. The van der Waals surface area contributed by atoms with E-state index in [4.69, 9.17) is 0 Å². The Morgan fingerprint density at radius 1 is 1.17 bits per heavy atom. The Morgan fingerprint density at radius 3 is 2.00 bits per heavy atom. The molecule has 0 fully saturated rings. The number of hydrogen-bond donors (Lipinski definition) is 0. The van der Waals surface area contributed by atoms with Gasteiger partial charge in [-0.25, -0.2) is 8.78 Å². The maximum atomic E-state index is 12.5. The van der Waals surface area contributed by atoms with Crippen molar-refractivity contribution in [3.8, 4) is 0 Å². The highest BCUT2D eigenvalue weighted by atomic mass is 19.3. The van der Waals surface area contributed by atoms with Gasteiger partial charge in [-0.15, -0.1) is 0 Å². The molecule has 0 aromatic heterocycles. The normalized spacial score (nSPS) is 10.5. The van der Waals surface area contributed by atoms with E-state index in [1.165, 1.54) is 0 Å². The van der Waals surface area contributed by atoms with Crippen molar-refractivity contribution in [2.45, 2.75) is 46.5 Å². The molecule has 0 amide bonds. The van der Waals surface area contributed by atoms with Crippen LogP contribution in [0.4, 0.5) is 8.78 Å². The second-order valence-electron chi connectivity index (χ2n) is 2.24. The van der Waals surface area contributed by atoms with Crippen molar-refractivity contribution >= 4 is 0 Å². The molecule has 0 atom stereocenters. The quantitative estimate of drug-likeness (QED) is 0.632. The zero-order valence-electron chi connectivity index (χ0n) is 8.49. The lowest BCUT2D eigenvalue weighted by atomic mass is 10.2. The molecule has 0 radical (unpaired) electrons. The molecule has 1 nitrogen and oxygen atoms in total. The molecule has 0 bridgehead atoms. The molecule has 0 aromatic carbocycles. The monoisotopic (exact) mass is 182 g/mol. The van der Waals surface area contributed by atoms with Crippen molar-refractivity contribution in [2.24, 2.45) is 0 Å². The predicted molar refractivity (Wildman–Crippen MR) is 47.7 cm³/mol. The van der Waals surface area contributed by atoms with Gasteiger partial charge in [-0.05, 0) is 6.92 Å². The minimum atomic E-state index is -2.62. The number of halogens is 2. The van der Waals surface area contributed by atoms with E-state index in [2.05, 4.69) is 4.74 Å². The third kappa shape index (κ3) is 9.82. The topological polar surface area (TPSA) is 9.23 Å². The number of ether oxygens (including phenoxy) is 1. The van der Waals surface area contributed by atoms with Crippen molar-refractivity contribution in [3.63, 3.8) is 0 Å². The molecule has 0 spiro atoms. The van der Waals surface area contributed by atoms with Gasteiger partial charge in [0.2, 0.25) is 0 Å². The summed E-state index contributed by atoms with van der Waals surface area (Å²) in [7, 11) is 0. The fourth-order valence-corrected chi connectivity index (χ4v) is 0.689. The van der Waals surface area contributed by atoms with Crippen LogP contribution >= 0.6 is 0 Å². The third-order valence-corrected chi connectivity index (χ3v) is 1.13. The fraction of sp³-hybridized carbons (Fsp3) is 1.00. The summed E-state index contributed by atoms with van der Waals surface area (Å²) in [5.74, 6) is -2.62. The molecule has 3 heteroatoms. The number of rotatable bonds is 5. The molecule has 0 aliphatic heterocycles. The summed E-state index contributed by atoms with van der Waals surface area (Å²) in [5.41, 5.74) is 0. The van der Waals surface area contributed by atoms with Gasteiger partial charge in [-0.3, -0.25) is 0 Å². The summed E-state index contributed by atoms with van der Waals surface area (Å²) in [6.45, 7) is 7.37. The highest BCUT2D eigenvalue weighted by Gasteiger charge is 2.27. The molecule has 0 rings (SSSR count).